The van der Waals surface area contributed by atoms with Gasteiger partial charge in [-0.1, -0.05) is 0 Å². The first-order valence-electron chi connectivity index (χ1n) is 4.30. The second-order valence-corrected chi connectivity index (χ2v) is 5.39. The van der Waals surface area contributed by atoms with Crippen molar-refractivity contribution in [3.63, 3.8) is 0 Å². The summed E-state index contributed by atoms with van der Waals surface area (Å²) < 4.78 is 29.8. The molecule has 0 aliphatic carbocycles. The van der Waals surface area contributed by atoms with E-state index in [1.165, 1.54) is 16.8 Å². The van der Waals surface area contributed by atoms with Gasteiger partial charge in [0.05, 0.1) is 18.1 Å². The first kappa shape index (κ1) is 9.02. The van der Waals surface area contributed by atoms with Gasteiger partial charge < -0.3 is 4.74 Å². The molecule has 74 valence electrons. The van der Waals surface area contributed by atoms with Gasteiger partial charge in [0.1, 0.15) is 5.76 Å². The summed E-state index contributed by atoms with van der Waals surface area (Å²) in [6, 6.07) is 0. The van der Waals surface area contributed by atoms with E-state index < -0.39 is 15.6 Å². The second-order valence-electron chi connectivity index (χ2n) is 3.68. The Bertz CT molecular complexity index is 360. The average Bonchev–Trinajstić information content (AvgIpc) is 2.50. The summed E-state index contributed by atoms with van der Waals surface area (Å²) >= 11 is 0. The van der Waals surface area contributed by atoms with Crippen LogP contribution in [0, 0.1) is 0 Å². The SMILES string of the molecule is COC1=CS(=O)(=O)N2CCCC12C. The molecule has 0 radical (unpaired) electrons. The van der Waals surface area contributed by atoms with Crippen LogP contribution in [0.4, 0.5) is 0 Å². The quantitative estimate of drug-likeness (QED) is 0.629. The summed E-state index contributed by atoms with van der Waals surface area (Å²) in [5.41, 5.74) is -0.409. The number of nitrogens with zero attached hydrogens (tertiary/aromatic N) is 1. The monoisotopic (exact) mass is 203 g/mol. The first-order chi connectivity index (χ1) is 6.00. The van der Waals surface area contributed by atoms with E-state index in [0.29, 0.717) is 12.3 Å². The van der Waals surface area contributed by atoms with E-state index in [1.54, 1.807) is 0 Å². The number of methoxy groups -OCH3 is 1. The van der Waals surface area contributed by atoms with Crippen LogP contribution in [0.3, 0.4) is 0 Å². The summed E-state index contributed by atoms with van der Waals surface area (Å²) in [6.45, 7) is 2.53. The van der Waals surface area contributed by atoms with Gasteiger partial charge >= 0.3 is 0 Å². The fourth-order valence-corrected chi connectivity index (χ4v) is 4.06. The molecule has 0 N–H and O–H groups in total. The third-order valence-corrected chi connectivity index (χ3v) is 4.60. The highest BCUT2D eigenvalue weighted by molar-refractivity contribution is 7.92. The highest BCUT2D eigenvalue weighted by Gasteiger charge is 2.51. The van der Waals surface area contributed by atoms with Crippen molar-refractivity contribution in [3.05, 3.63) is 11.2 Å². The minimum atomic E-state index is -3.20. The van der Waals surface area contributed by atoms with Gasteiger partial charge in [0, 0.05) is 6.54 Å². The molecule has 0 aromatic rings. The standard InChI is InChI=1S/C8H13NO3S/c1-8-4-3-5-9(8)13(10,11)6-7(8)12-2/h6H,3-5H2,1-2H3. The van der Waals surface area contributed by atoms with Gasteiger partial charge in [-0.25, -0.2) is 8.42 Å². The van der Waals surface area contributed by atoms with Crippen LogP contribution < -0.4 is 0 Å². The summed E-state index contributed by atoms with van der Waals surface area (Å²) in [7, 11) is -1.68. The van der Waals surface area contributed by atoms with E-state index in [2.05, 4.69) is 0 Å². The Kier molecular flexibility index (Phi) is 1.72. The number of hydrogen-bond acceptors (Lipinski definition) is 3. The van der Waals surface area contributed by atoms with Crippen molar-refractivity contribution in [1.29, 1.82) is 0 Å². The summed E-state index contributed by atoms with van der Waals surface area (Å²) in [4.78, 5) is 0. The third kappa shape index (κ3) is 1.03. The molecule has 4 nitrogen and oxygen atoms in total. The predicted molar refractivity (Wildman–Crippen MR) is 48.4 cm³/mol. The lowest BCUT2D eigenvalue weighted by Crippen LogP contribution is -2.40. The van der Waals surface area contributed by atoms with Crippen LogP contribution in [-0.4, -0.2) is 31.9 Å². The van der Waals surface area contributed by atoms with Crippen molar-refractivity contribution in [1.82, 2.24) is 4.31 Å². The van der Waals surface area contributed by atoms with Crippen molar-refractivity contribution in [2.75, 3.05) is 13.7 Å². The van der Waals surface area contributed by atoms with E-state index in [1.807, 2.05) is 6.92 Å². The highest BCUT2D eigenvalue weighted by Crippen LogP contribution is 2.43. The molecule has 0 spiro atoms. The first-order valence-corrected chi connectivity index (χ1v) is 5.80. The Morgan fingerprint density at radius 3 is 2.92 bits per heavy atom. The van der Waals surface area contributed by atoms with Gasteiger partial charge in [-0.05, 0) is 19.8 Å². The maximum absolute atomic E-state index is 11.6. The maximum atomic E-state index is 11.6. The molecule has 1 atom stereocenters. The molecular formula is C8H13NO3S. The molecule has 5 heteroatoms. The van der Waals surface area contributed by atoms with Crippen molar-refractivity contribution >= 4 is 10.0 Å². The largest absolute Gasteiger partial charge is 0.498 e. The fourth-order valence-electron chi connectivity index (χ4n) is 2.19. The summed E-state index contributed by atoms with van der Waals surface area (Å²) in [6.07, 6.45) is 1.77. The topological polar surface area (TPSA) is 46.6 Å². The van der Waals surface area contributed by atoms with Crippen LogP contribution in [0.5, 0.6) is 0 Å². The van der Waals surface area contributed by atoms with Crippen molar-refractivity contribution < 1.29 is 13.2 Å². The molecule has 0 amide bonds. The number of sulfonamides is 1. The Balaban J connectivity index is 2.52. The lowest BCUT2D eigenvalue weighted by atomic mass is 9.99. The average molecular weight is 203 g/mol. The van der Waals surface area contributed by atoms with Gasteiger partial charge in [-0.15, -0.1) is 0 Å². The maximum Gasteiger partial charge on any atom is 0.240 e. The van der Waals surface area contributed by atoms with Crippen LogP contribution in [-0.2, 0) is 14.8 Å². The predicted octanol–water partition coefficient (Wildman–Crippen LogP) is 0.672. The zero-order chi connectivity index (χ0) is 9.69. The molecule has 1 unspecified atom stereocenters. The number of ether oxygens (including phenoxy) is 1. The van der Waals surface area contributed by atoms with Crippen LogP contribution in [0.15, 0.2) is 11.2 Å². The summed E-state index contributed by atoms with van der Waals surface area (Å²) in [5.74, 6) is 0.574. The molecule has 2 rings (SSSR count). The number of fused-ring (bicyclic) bond motifs is 1. The minimum absolute atomic E-state index is 0.409. The molecule has 0 aromatic heterocycles. The molecule has 2 aliphatic rings. The molecule has 13 heavy (non-hydrogen) atoms. The zero-order valence-electron chi connectivity index (χ0n) is 7.78. The molecule has 0 aromatic carbocycles. The van der Waals surface area contributed by atoms with Crippen molar-refractivity contribution in [2.45, 2.75) is 25.3 Å². The van der Waals surface area contributed by atoms with Crippen molar-refractivity contribution in [3.8, 4) is 0 Å². The Morgan fingerprint density at radius 2 is 2.31 bits per heavy atom. The van der Waals surface area contributed by atoms with E-state index in [9.17, 15) is 8.42 Å². The molecule has 2 heterocycles. The van der Waals surface area contributed by atoms with Gasteiger partial charge in [0.2, 0.25) is 10.0 Å². The smallest absolute Gasteiger partial charge is 0.240 e. The molecule has 0 bridgehead atoms. The zero-order valence-corrected chi connectivity index (χ0v) is 8.60. The molecule has 1 fully saturated rings. The van der Waals surface area contributed by atoms with E-state index in [-0.39, 0.29) is 0 Å². The number of rotatable bonds is 1. The fraction of sp³-hybridized carbons (Fsp3) is 0.750. The molecule has 2 aliphatic heterocycles. The number of hydrogen-bond donors (Lipinski definition) is 0. The van der Waals surface area contributed by atoms with E-state index >= 15 is 0 Å². The van der Waals surface area contributed by atoms with Crippen molar-refractivity contribution in [2.24, 2.45) is 0 Å². The van der Waals surface area contributed by atoms with Gasteiger partial charge in [0.25, 0.3) is 0 Å². The van der Waals surface area contributed by atoms with Crippen LogP contribution in [0.25, 0.3) is 0 Å². The van der Waals surface area contributed by atoms with Gasteiger partial charge in [-0.3, -0.25) is 0 Å². The van der Waals surface area contributed by atoms with E-state index in [0.717, 1.165) is 12.8 Å². The minimum Gasteiger partial charge on any atom is -0.498 e. The Hall–Kier alpha value is -0.550. The van der Waals surface area contributed by atoms with Gasteiger partial charge in [-0.2, -0.15) is 4.31 Å². The van der Waals surface area contributed by atoms with Gasteiger partial charge in [0.15, 0.2) is 0 Å². The van der Waals surface area contributed by atoms with E-state index in [4.69, 9.17) is 4.74 Å². The lowest BCUT2D eigenvalue weighted by Gasteiger charge is -2.27. The molecule has 1 saturated heterocycles. The highest BCUT2D eigenvalue weighted by atomic mass is 32.2. The molecule has 0 saturated carbocycles. The van der Waals surface area contributed by atoms with Crippen LogP contribution in [0.2, 0.25) is 0 Å². The lowest BCUT2D eigenvalue weighted by molar-refractivity contribution is 0.182. The Labute approximate surface area is 78.2 Å². The Morgan fingerprint density at radius 1 is 1.62 bits per heavy atom. The molecular weight excluding hydrogens is 190 g/mol. The van der Waals surface area contributed by atoms with Crippen LogP contribution >= 0.6 is 0 Å². The summed E-state index contributed by atoms with van der Waals surface area (Å²) in [5, 5.41) is 1.24. The second kappa shape index (κ2) is 2.48. The van der Waals surface area contributed by atoms with Crippen LogP contribution in [0.1, 0.15) is 19.8 Å². The third-order valence-electron chi connectivity index (χ3n) is 2.89. The normalized spacial score (nSPS) is 37.2.